The standard InChI is InChI=1S/C11H22O5.C9H18O4.2CH4/c1-8-10(15-6-5-12-2)11(14-4)9(16-8)7-13-3;1-6-8(11-3)9(12-4)7(13-6)5-10-2;;/h8-11H,5-7H2,1-4H3;6-9H,5H2,1-4H3;2*1H4/t8-,9?,10-,11+;6-,7?,8-,9+;;/m00../s1. The molecule has 2 aliphatic heterocycles. The summed E-state index contributed by atoms with van der Waals surface area (Å²) in [6.45, 7) is 6.16. The first-order valence-corrected chi connectivity index (χ1v) is 9.96. The van der Waals surface area contributed by atoms with E-state index in [0.717, 1.165) is 0 Å². The molecule has 2 aliphatic rings. The Kier molecular flexibility index (Phi) is 19.2. The van der Waals surface area contributed by atoms with E-state index in [-0.39, 0.29) is 63.7 Å². The SMILES string of the molecule is C.C.COCC1O[C@@H](C)[C@H](OC)[C@@H]1OC.COCCO[C@H]1[C@H](C)OC(COC)[C@H]1OC. The second-order valence-electron chi connectivity index (χ2n) is 7.10. The number of methoxy groups -OCH3 is 6. The van der Waals surface area contributed by atoms with Crippen LogP contribution in [0.15, 0.2) is 0 Å². The predicted octanol–water partition coefficient (Wildman–Crippen LogP) is 2.19. The lowest BCUT2D eigenvalue weighted by atomic mass is 10.1. The normalized spacial score (nSPS) is 34.5. The van der Waals surface area contributed by atoms with E-state index >= 15 is 0 Å². The van der Waals surface area contributed by atoms with E-state index in [2.05, 4.69) is 0 Å². The summed E-state index contributed by atoms with van der Waals surface area (Å²) in [5, 5.41) is 0. The average Bonchev–Trinajstić information content (AvgIpc) is 3.18. The lowest BCUT2D eigenvalue weighted by Crippen LogP contribution is -2.38. The Morgan fingerprint density at radius 1 is 0.548 bits per heavy atom. The van der Waals surface area contributed by atoms with Gasteiger partial charge in [-0.15, -0.1) is 0 Å². The zero-order chi connectivity index (χ0) is 21.8. The van der Waals surface area contributed by atoms with Gasteiger partial charge in [-0.3, -0.25) is 0 Å². The summed E-state index contributed by atoms with van der Waals surface area (Å²) in [5.74, 6) is 0. The molecule has 0 saturated carbocycles. The van der Waals surface area contributed by atoms with Crippen LogP contribution in [0.1, 0.15) is 28.7 Å². The van der Waals surface area contributed by atoms with E-state index in [4.69, 9.17) is 42.6 Å². The van der Waals surface area contributed by atoms with E-state index < -0.39 is 0 Å². The predicted molar refractivity (Wildman–Crippen MR) is 120 cm³/mol. The minimum atomic E-state index is -0.0770. The van der Waals surface area contributed by atoms with Gasteiger partial charge in [-0.2, -0.15) is 0 Å². The minimum absolute atomic E-state index is 0. The smallest absolute Gasteiger partial charge is 0.114 e. The first-order valence-electron chi connectivity index (χ1n) is 9.96. The van der Waals surface area contributed by atoms with Crippen LogP contribution in [0.2, 0.25) is 0 Å². The fourth-order valence-electron chi connectivity index (χ4n) is 3.81. The van der Waals surface area contributed by atoms with E-state index in [1.165, 1.54) is 0 Å². The van der Waals surface area contributed by atoms with Crippen molar-refractivity contribution >= 4 is 0 Å². The van der Waals surface area contributed by atoms with E-state index in [0.29, 0.717) is 26.4 Å². The molecule has 9 nitrogen and oxygen atoms in total. The van der Waals surface area contributed by atoms with Crippen molar-refractivity contribution in [2.45, 2.75) is 77.5 Å². The van der Waals surface area contributed by atoms with Crippen molar-refractivity contribution in [3.8, 4) is 0 Å². The van der Waals surface area contributed by atoms with Gasteiger partial charge in [-0.1, -0.05) is 14.9 Å². The van der Waals surface area contributed by atoms with Crippen molar-refractivity contribution in [3.63, 3.8) is 0 Å². The van der Waals surface area contributed by atoms with Gasteiger partial charge in [0.25, 0.3) is 0 Å². The molecule has 2 saturated heterocycles. The third-order valence-electron chi connectivity index (χ3n) is 5.16. The van der Waals surface area contributed by atoms with Crippen LogP contribution >= 0.6 is 0 Å². The van der Waals surface area contributed by atoms with Crippen LogP contribution in [0.4, 0.5) is 0 Å². The Labute approximate surface area is 189 Å². The van der Waals surface area contributed by atoms with Crippen molar-refractivity contribution in [3.05, 3.63) is 0 Å². The molecule has 0 amide bonds. The molecule has 0 N–H and O–H groups in total. The number of hydrogen-bond donors (Lipinski definition) is 0. The molecule has 9 heteroatoms. The molecule has 0 aliphatic carbocycles. The Balaban J connectivity index is 0. The van der Waals surface area contributed by atoms with Gasteiger partial charge >= 0.3 is 0 Å². The van der Waals surface area contributed by atoms with Gasteiger partial charge in [0.15, 0.2) is 0 Å². The highest BCUT2D eigenvalue weighted by Crippen LogP contribution is 2.26. The Morgan fingerprint density at radius 3 is 1.35 bits per heavy atom. The van der Waals surface area contributed by atoms with Crippen LogP contribution in [0.25, 0.3) is 0 Å². The molecule has 190 valence electrons. The summed E-state index contributed by atoms with van der Waals surface area (Å²) in [6.07, 6.45) is -0.151. The third-order valence-corrected chi connectivity index (χ3v) is 5.16. The molecule has 0 aromatic heterocycles. The lowest BCUT2D eigenvalue weighted by molar-refractivity contribution is -0.0644. The van der Waals surface area contributed by atoms with Crippen molar-refractivity contribution in [1.29, 1.82) is 0 Å². The Bertz CT molecular complexity index is 412. The Morgan fingerprint density at radius 2 is 0.968 bits per heavy atom. The van der Waals surface area contributed by atoms with Crippen molar-refractivity contribution in [1.82, 2.24) is 0 Å². The molecule has 8 atom stereocenters. The molecule has 2 rings (SSSR count). The van der Waals surface area contributed by atoms with Gasteiger partial charge in [0.05, 0.1) is 38.6 Å². The van der Waals surface area contributed by atoms with E-state index in [9.17, 15) is 0 Å². The topological polar surface area (TPSA) is 83.1 Å². The molecule has 0 aromatic rings. The summed E-state index contributed by atoms with van der Waals surface area (Å²) in [4.78, 5) is 0. The summed E-state index contributed by atoms with van der Waals surface area (Å²) in [6, 6.07) is 0. The quantitative estimate of drug-likeness (QED) is 0.434. The molecule has 2 fully saturated rings. The van der Waals surface area contributed by atoms with Crippen LogP contribution < -0.4 is 0 Å². The summed E-state index contributed by atoms with van der Waals surface area (Å²) >= 11 is 0. The fraction of sp³-hybridized carbons (Fsp3) is 1.00. The number of hydrogen-bond acceptors (Lipinski definition) is 9. The largest absolute Gasteiger partial charge is 0.382 e. The fourth-order valence-corrected chi connectivity index (χ4v) is 3.81. The van der Waals surface area contributed by atoms with Gasteiger partial charge in [0.1, 0.15) is 36.6 Å². The lowest BCUT2D eigenvalue weighted by Gasteiger charge is -2.22. The average molecular weight is 457 g/mol. The van der Waals surface area contributed by atoms with Crippen LogP contribution in [-0.4, -0.2) is 118 Å². The third kappa shape index (κ3) is 9.57. The van der Waals surface area contributed by atoms with Crippen molar-refractivity contribution in [2.24, 2.45) is 0 Å². The van der Waals surface area contributed by atoms with Gasteiger partial charge in [-0.25, -0.2) is 0 Å². The monoisotopic (exact) mass is 456 g/mol. The molecule has 0 aromatic carbocycles. The first kappa shape index (κ1) is 32.8. The van der Waals surface area contributed by atoms with E-state index in [1.54, 1.807) is 42.7 Å². The van der Waals surface area contributed by atoms with Gasteiger partial charge < -0.3 is 42.6 Å². The molecule has 0 spiro atoms. The minimum Gasteiger partial charge on any atom is -0.382 e. The van der Waals surface area contributed by atoms with Gasteiger partial charge in [-0.05, 0) is 13.8 Å². The maximum Gasteiger partial charge on any atom is 0.114 e. The van der Waals surface area contributed by atoms with Gasteiger partial charge in [0, 0.05) is 42.7 Å². The molecular weight excluding hydrogens is 408 g/mol. The van der Waals surface area contributed by atoms with Crippen molar-refractivity contribution in [2.75, 3.05) is 69.1 Å². The highest BCUT2D eigenvalue weighted by Gasteiger charge is 2.44. The molecule has 2 heterocycles. The maximum absolute atomic E-state index is 5.73. The second kappa shape index (κ2) is 18.1. The van der Waals surface area contributed by atoms with Crippen molar-refractivity contribution < 1.29 is 42.6 Å². The highest BCUT2D eigenvalue weighted by molar-refractivity contribution is 4.91. The van der Waals surface area contributed by atoms with Gasteiger partial charge in [0.2, 0.25) is 0 Å². The van der Waals surface area contributed by atoms with Crippen LogP contribution in [0, 0.1) is 0 Å². The molecule has 31 heavy (non-hydrogen) atoms. The van der Waals surface area contributed by atoms with E-state index in [1.807, 2.05) is 13.8 Å². The van der Waals surface area contributed by atoms with Crippen LogP contribution in [-0.2, 0) is 42.6 Å². The zero-order valence-corrected chi connectivity index (χ0v) is 19.1. The number of ether oxygens (including phenoxy) is 9. The second-order valence-corrected chi connectivity index (χ2v) is 7.10. The summed E-state index contributed by atoms with van der Waals surface area (Å²) in [5.41, 5.74) is 0. The maximum atomic E-state index is 5.73. The molecular formula is C22H48O9. The molecule has 0 radical (unpaired) electrons. The molecule has 2 unspecified atom stereocenters. The zero-order valence-electron chi connectivity index (χ0n) is 19.1. The number of rotatable bonds is 11. The van der Waals surface area contributed by atoms with Crippen LogP contribution in [0.5, 0.6) is 0 Å². The van der Waals surface area contributed by atoms with Crippen LogP contribution in [0.3, 0.4) is 0 Å². The molecule has 0 bridgehead atoms. The summed E-state index contributed by atoms with van der Waals surface area (Å²) < 4.78 is 48.2. The summed E-state index contributed by atoms with van der Waals surface area (Å²) in [7, 11) is 9.97. The Hall–Kier alpha value is -0.360. The highest BCUT2D eigenvalue weighted by atomic mass is 16.6. The first-order chi connectivity index (χ1) is 14.0.